The molecule has 1 amide bonds. The van der Waals surface area contributed by atoms with Gasteiger partial charge in [0, 0.05) is 12.1 Å². The number of anilines is 1. The Morgan fingerprint density at radius 1 is 1.14 bits per heavy atom. The SMILES string of the molecule is COc1cc(CNC(=O)c2ccc(C)c(NS(C)(=O)=O)c2)ccc1OC(F)F. The molecule has 7 nitrogen and oxygen atoms in total. The van der Waals surface area contributed by atoms with E-state index in [4.69, 9.17) is 4.74 Å². The molecule has 0 spiro atoms. The van der Waals surface area contributed by atoms with Gasteiger partial charge in [-0.2, -0.15) is 8.78 Å². The van der Waals surface area contributed by atoms with Gasteiger partial charge in [-0.3, -0.25) is 9.52 Å². The second-order valence-electron chi connectivity index (χ2n) is 5.95. The summed E-state index contributed by atoms with van der Waals surface area (Å²) in [6, 6.07) is 8.95. The minimum atomic E-state index is -3.48. The first-order valence-corrected chi connectivity index (χ1v) is 9.96. The van der Waals surface area contributed by atoms with Crippen molar-refractivity contribution in [3.05, 3.63) is 53.1 Å². The maximum Gasteiger partial charge on any atom is 0.387 e. The van der Waals surface area contributed by atoms with Crippen molar-refractivity contribution in [2.45, 2.75) is 20.1 Å². The van der Waals surface area contributed by atoms with Gasteiger partial charge in [-0.25, -0.2) is 8.42 Å². The Morgan fingerprint density at radius 2 is 1.86 bits per heavy atom. The van der Waals surface area contributed by atoms with Gasteiger partial charge in [0.15, 0.2) is 11.5 Å². The zero-order chi connectivity index (χ0) is 20.9. The van der Waals surface area contributed by atoms with E-state index in [-0.39, 0.29) is 23.6 Å². The summed E-state index contributed by atoms with van der Waals surface area (Å²) in [5, 5.41) is 2.68. The number of halogens is 2. The van der Waals surface area contributed by atoms with Crippen molar-refractivity contribution in [2.24, 2.45) is 0 Å². The van der Waals surface area contributed by atoms with E-state index in [9.17, 15) is 22.0 Å². The molecule has 0 aliphatic carbocycles. The number of carbonyl (C=O) groups excluding carboxylic acids is 1. The fourth-order valence-corrected chi connectivity index (χ4v) is 2.99. The van der Waals surface area contributed by atoms with E-state index < -0.39 is 22.5 Å². The highest BCUT2D eigenvalue weighted by atomic mass is 32.2. The van der Waals surface area contributed by atoms with Crippen LogP contribution in [-0.2, 0) is 16.6 Å². The minimum Gasteiger partial charge on any atom is -0.493 e. The number of sulfonamides is 1. The number of hydrogen-bond donors (Lipinski definition) is 2. The molecule has 152 valence electrons. The van der Waals surface area contributed by atoms with Crippen LogP contribution in [0.3, 0.4) is 0 Å². The lowest BCUT2D eigenvalue weighted by molar-refractivity contribution is -0.0512. The highest BCUT2D eigenvalue weighted by Crippen LogP contribution is 2.29. The van der Waals surface area contributed by atoms with Crippen molar-refractivity contribution in [1.82, 2.24) is 5.32 Å². The fourth-order valence-electron chi connectivity index (χ4n) is 2.37. The predicted octanol–water partition coefficient (Wildman–Crippen LogP) is 2.91. The van der Waals surface area contributed by atoms with E-state index in [2.05, 4.69) is 14.8 Å². The van der Waals surface area contributed by atoms with Crippen LogP contribution < -0.4 is 19.5 Å². The summed E-state index contributed by atoms with van der Waals surface area (Å²) in [5.74, 6) is -0.423. The second-order valence-corrected chi connectivity index (χ2v) is 7.70. The lowest BCUT2D eigenvalue weighted by Crippen LogP contribution is -2.23. The van der Waals surface area contributed by atoms with Crippen molar-refractivity contribution in [3.8, 4) is 11.5 Å². The van der Waals surface area contributed by atoms with Gasteiger partial charge in [0.1, 0.15) is 0 Å². The summed E-state index contributed by atoms with van der Waals surface area (Å²) in [5.41, 5.74) is 1.85. The summed E-state index contributed by atoms with van der Waals surface area (Å²) < 4.78 is 59.3. The van der Waals surface area contributed by atoms with E-state index in [1.807, 2.05) is 0 Å². The van der Waals surface area contributed by atoms with Crippen LogP contribution >= 0.6 is 0 Å². The number of hydrogen-bond acceptors (Lipinski definition) is 5. The third kappa shape index (κ3) is 6.08. The van der Waals surface area contributed by atoms with Crippen molar-refractivity contribution in [3.63, 3.8) is 0 Å². The molecule has 0 radical (unpaired) electrons. The summed E-state index contributed by atoms with van der Waals surface area (Å²) in [4.78, 5) is 12.4. The van der Waals surface area contributed by atoms with Gasteiger partial charge in [-0.1, -0.05) is 12.1 Å². The lowest BCUT2D eigenvalue weighted by atomic mass is 10.1. The molecular weight excluding hydrogens is 394 g/mol. The highest BCUT2D eigenvalue weighted by Gasteiger charge is 2.13. The smallest absolute Gasteiger partial charge is 0.387 e. The largest absolute Gasteiger partial charge is 0.493 e. The first kappa shape index (κ1) is 21.4. The van der Waals surface area contributed by atoms with Crippen molar-refractivity contribution >= 4 is 21.6 Å². The monoisotopic (exact) mass is 414 g/mol. The summed E-state index contributed by atoms with van der Waals surface area (Å²) in [6.07, 6.45) is 1.02. The molecule has 2 rings (SSSR count). The molecule has 28 heavy (non-hydrogen) atoms. The van der Waals surface area contributed by atoms with E-state index in [0.717, 1.165) is 6.26 Å². The van der Waals surface area contributed by atoms with Crippen LogP contribution in [0.4, 0.5) is 14.5 Å². The third-order valence-electron chi connectivity index (χ3n) is 3.69. The molecule has 0 atom stereocenters. The third-order valence-corrected chi connectivity index (χ3v) is 4.28. The van der Waals surface area contributed by atoms with E-state index in [1.165, 1.54) is 31.4 Å². The fraction of sp³-hybridized carbons (Fsp3) is 0.278. The maximum absolute atomic E-state index is 12.4. The zero-order valence-electron chi connectivity index (χ0n) is 15.5. The Morgan fingerprint density at radius 3 is 2.46 bits per heavy atom. The molecule has 0 saturated carbocycles. The number of amides is 1. The van der Waals surface area contributed by atoms with E-state index in [1.54, 1.807) is 19.1 Å². The van der Waals surface area contributed by atoms with Crippen LogP contribution in [0, 0.1) is 6.92 Å². The normalized spacial score (nSPS) is 11.2. The maximum atomic E-state index is 12.4. The van der Waals surface area contributed by atoms with Gasteiger partial charge in [-0.15, -0.1) is 0 Å². The Bertz CT molecular complexity index is 964. The topological polar surface area (TPSA) is 93.7 Å². The van der Waals surface area contributed by atoms with Crippen LogP contribution in [0.5, 0.6) is 11.5 Å². The Labute approximate surface area is 161 Å². The summed E-state index contributed by atoms with van der Waals surface area (Å²) >= 11 is 0. The number of aryl methyl sites for hydroxylation is 1. The predicted molar refractivity (Wildman–Crippen MR) is 100 cm³/mol. The van der Waals surface area contributed by atoms with Crippen LogP contribution in [0.15, 0.2) is 36.4 Å². The first-order valence-electron chi connectivity index (χ1n) is 8.07. The van der Waals surface area contributed by atoms with Crippen molar-refractivity contribution in [1.29, 1.82) is 0 Å². The zero-order valence-corrected chi connectivity index (χ0v) is 16.3. The van der Waals surface area contributed by atoms with Crippen LogP contribution in [0.1, 0.15) is 21.5 Å². The molecule has 2 N–H and O–H groups in total. The number of benzene rings is 2. The molecule has 0 heterocycles. The average Bonchev–Trinajstić information content (AvgIpc) is 2.60. The van der Waals surface area contributed by atoms with E-state index in [0.29, 0.717) is 16.8 Å². The number of ether oxygens (including phenoxy) is 2. The Hall–Kier alpha value is -2.88. The van der Waals surface area contributed by atoms with Gasteiger partial charge in [0.2, 0.25) is 10.0 Å². The average molecular weight is 414 g/mol. The molecule has 0 saturated heterocycles. The van der Waals surface area contributed by atoms with Crippen LogP contribution in [0.25, 0.3) is 0 Å². The van der Waals surface area contributed by atoms with Gasteiger partial charge in [-0.05, 0) is 42.3 Å². The standard InChI is InChI=1S/C18H20F2N2O5S/c1-11-4-6-13(9-14(11)22-28(3,24)25)17(23)21-10-12-5-7-15(27-18(19)20)16(8-12)26-2/h4-9,18,22H,10H2,1-3H3,(H,21,23). The number of nitrogens with one attached hydrogen (secondary N) is 2. The number of methoxy groups -OCH3 is 1. The molecule has 0 aromatic heterocycles. The van der Waals surface area contributed by atoms with Gasteiger partial charge in [0.25, 0.3) is 5.91 Å². The molecule has 0 bridgehead atoms. The summed E-state index contributed by atoms with van der Waals surface area (Å²) in [6.45, 7) is -1.16. The van der Waals surface area contributed by atoms with Crippen LogP contribution in [-0.4, -0.2) is 34.3 Å². The molecular formula is C18H20F2N2O5S. The molecule has 0 unspecified atom stereocenters. The minimum absolute atomic E-state index is 0.104. The first-order chi connectivity index (χ1) is 13.1. The number of rotatable bonds is 8. The highest BCUT2D eigenvalue weighted by molar-refractivity contribution is 7.92. The second kappa shape index (κ2) is 8.87. The van der Waals surface area contributed by atoms with Gasteiger partial charge in [0.05, 0.1) is 19.1 Å². The quantitative estimate of drug-likeness (QED) is 0.693. The van der Waals surface area contributed by atoms with Crippen molar-refractivity contribution < 1.29 is 31.5 Å². The Balaban J connectivity index is 2.11. The van der Waals surface area contributed by atoms with E-state index >= 15 is 0 Å². The van der Waals surface area contributed by atoms with Gasteiger partial charge >= 0.3 is 6.61 Å². The van der Waals surface area contributed by atoms with Crippen LogP contribution in [0.2, 0.25) is 0 Å². The molecule has 10 heteroatoms. The van der Waals surface area contributed by atoms with Crippen molar-refractivity contribution in [2.75, 3.05) is 18.1 Å². The molecule has 2 aromatic rings. The summed E-state index contributed by atoms with van der Waals surface area (Å²) in [7, 11) is -2.16. The molecule has 0 aliphatic rings. The molecule has 2 aromatic carbocycles. The number of carbonyl (C=O) groups is 1. The molecule has 0 fully saturated rings. The molecule has 0 aliphatic heterocycles. The van der Waals surface area contributed by atoms with Gasteiger partial charge < -0.3 is 14.8 Å². The number of alkyl halides is 2. The Kier molecular flexibility index (Phi) is 6.79. The lowest BCUT2D eigenvalue weighted by Gasteiger charge is -2.13.